The van der Waals surface area contributed by atoms with Crippen molar-refractivity contribution in [1.82, 2.24) is 0 Å². The quantitative estimate of drug-likeness (QED) is 0.767. The van der Waals surface area contributed by atoms with E-state index in [4.69, 9.17) is 9.47 Å². The van der Waals surface area contributed by atoms with Crippen LogP contribution in [0.25, 0.3) is 0 Å². The fourth-order valence-corrected chi connectivity index (χ4v) is 2.50. The molecule has 0 radical (unpaired) electrons. The minimum absolute atomic E-state index is 0.628. The molecule has 0 spiro atoms. The summed E-state index contributed by atoms with van der Waals surface area (Å²) in [6.45, 7) is 3.35. The molecule has 0 unspecified atom stereocenters. The predicted octanol–water partition coefficient (Wildman–Crippen LogP) is 4.43. The third-order valence-electron chi connectivity index (χ3n) is 3.09. The molecule has 21 heavy (non-hydrogen) atoms. The highest BCUT2D eigenvalue weighted by Crippen LogP contribution is 2.28. The Morgan fingerprint density at radius 2 is 1.95 bits per heavy atom. The van der Waals surface area contributed by atoms with Gasteiger partial charge in [-0.2, -0.15) is 0 Å². The van der Waals surface area contributed by atoms with Gasteiger partial charge in [-0.3, -0.25) is 0 Å². The molecular weight excluding hydrogens is 282 g/mol. The van der Waals surface area contributed by atoms with E-state index >= 15 is 0 Å². The molecule has 0 aliphatic rings. The number of thioether (sulfide) groups is 1. The van der Waals surface area contributed by atoms with Crippen LogP contribution in [-0.2, 0) is 6.54 Å². The molecule has 0 aromatic heterocycles. The number of nitrogens with one attached hydrogen (secondary N) is 1. The summed E-state index contributed by atoms with van der Waals surface area (Å²) >= 11 is 1.74. The first-order chi connectivity index (χ1) is 10.3. The number of anilines is 1. The molecule has 0 aliphatic carbocycles. The molecule has 4 heteroatoms. The molecule has 2 rings (SSSR count). The fraction of sp³-hybridized carbons (Fsp3) is 0.294. The molecule has 0 bridgehead atoms. The lowest BCUT2D eigenvalue weighted by molar-refractivity contribution is 0.310. The van der Waals surface area contributed by atoms with Gasteiger partial charge in [-0.25, -0.2) is 0 Å². The Bertz CT molecular complexity index is 587. The molecule has 0 fully saturated rings. The highest BCUT2D eigenvalue weighted by atomic mass is 32.2. The third-order valence-corrected chi connectivity index (χ3v) is 3.82. The summed E-state index contributed by atoms with van der Waals surface area (Å²) < 4.78 is 10.9. The number of ether oxygens (including phenoxy) is 2. The highest BCUT2D eigenvalue weighted by molar-refractivity contribution is 7.98. The Labute approximate surface area is 130 Å². The van der Waals surface area contributed by atoms with Crippen molar-refractivity contribution in [3.63, 3.8) is 0 Å². The maximum atomic E-state index is 5.60. The van der Waals surface area contributed by atoms with Crippen molar-refractivity contribution >= 4 is 17.4 Å². The number of methoxy groups -OCH3 is 1. The van der Waals surface area contributed by atoms with E-state index in [-0.39, 0.29) is 0 Å². The zero-order valence-corrected chi connectivity index (χ0v) is 13.5. The maximum absolute atomic E-state index is 5.60. The fourth-order valence-electron chi connectivity index (χ4n) is 2.04. The van der Waals surface area contributed by atoms with E-state index in [2.05, 4.69) is 35.8 Å². The topological polar surface area (TPSA) is 30.5 Å². The minimum Gasteiger partial charge on any atom is -0.493 e. The van der Waals surface area contributed by atoms with Crippen molar-refractivity contribution in [1.29, 1.82) is 0 Å². The van der Waals surface area contributed by atoms with Crippen LogP contribution in [0, 0.1) is 0 Å². The summed E-state index contributed by atoms with van der Waals surface area (Å²) in [5, 5.41) is 3.43. The average Bonchev–Trinajstić information content (AvgIpc) is 2.53. The van der Waals surface area contributed by atoms with E-state index < -0.39 is 0 Å². The Balaban J connectivity index is 2.07. The van der Waals surface area contributed by atoms with Crippen molar-refractivity contribution in [2.75, 3.05) is 25.3 Å². The lowest BCUT2D eigenvalue weighted by Crippen LogP contribution is -2.01. The van der Waals surface area contributed by atoms with Crippen LogP contribution in [0.3, 0.4) is 0 Å². The van der Waals surface area contributed by atoms with Crippen molar-refractivity contribution in [2.24, 2.45) is 0 Å². The van der Waals surface area contributed by atoms with Crippen molar-refractivity contribution in [3.05, 3.63) is 48.0 Å². The van der Waals surface area contributed by atoms with E-state index in [1.54, 1.807) is 18.9 Å². The molecule has 0 aliphatic heterocycles. The van der Waals surface area contributed by atoms with Crippen LogP contribution in [0.15, 0.2) is 47.4 Å². The van der Waals surface area contributed by atoms with E-state index in [1.807, 2.05) is 25.1 Å². The van der Waals surface area contributed by atoms with Crippen LogP contribution in [0.5, 0.6) is 11.5 Å². The minimum atomic E-state index is 0.628. The van der Waals surface area contributed by atoms with Gasteiger partial charge < -0.3 is 14.8 Å². The predicted molar refractivity (Wildman–Crippen MR) is 89.7 cm³/mol. The van der Waals surface area contributed by atoms with Gasteiger partial charge >= 0.3 is 0 Å². The molecule has 1 N–H and O–H groups in total. The summed E-state index contributed by atoms with van der Waals surface area (Å²) in [4.78, 5) is 1.25. The van der Waals surface area contributed by atoms with Crippen LogP contribution < -0.4 is 14.8 Å². The van der Waals surface area contributed by atoms with Gasteiger partial charge in [0, 0.05) is 17.1 Å². The summed E-state index contributed by atoms with van der Waals surface area (Å²) in [6, 6.07) is 14.4. The molecule has 2 aromatic carbocycles. The van der Waals surface area contributed by atoms with Crippen LogP contribution >= 0.6 is 11.8 Å². The van der Waals surface area contributed by atoms with Crippen molar-refractivity contribution in [2.45, 2.75) is 18.4 Å². The Kier molecular flexibility index (Phi) is 5.81. The first-order valence-electron chi connectivity index (χ1n) is 6.94. The molecule has 0 heterocycles. The van der Waals surface area contributed by atoms with E-state index in [0.29, 0.717) is 6.61 Å². The first-order valence-corrected chi connectivity index (χ1v) is 8.17. The van der Waals surface area contributed by atoms with Gasteiger partial charge in [0.15, 0.2) is 11.5 Å². The van der Waals surface area contributed by atoms with Gasteiger partial charge in [0.25, 0.3) is 0 Å². The van der Waals surface area contributed by atoms with Gasteiger partial charge in [0.1, 0.15) is 0 Å². The van der Waals surface area contributed by atoms with Gasteiger partial charge in [-0.05, 0) is 49.1 Å². The summed E-state index contributed by atoms with van der Waals surface area (Å²) in [5.41, 5.74) is 2.28. The molecule has 0 amide bonds. The van der Waals surface area contributed by atoms with Gasteiger partial charge in [-0.15, -0.1) is 11.8 Å². The number of benzene rings is 2. The molecule has 2 aromatic rings. The Morgan fingerprint density at radius 3 is 2.67 bits per heavy atom. The zero-order valence-electron chi connectivity index (χ0n) is 12.7. The first kappa shape index (κ1) is 15.6. The Hall–Kier alpha value is -1.81. The van der Waals surface area contributed by atoms with Gasteiger partial charge in [-0.1, -0.05) is 12.1 Å². The second kappa shape index (κ2) is 7.84. The van der Waals surface area contributed by atoms with Crippen LogP contribution in [0.4, 0.5) is 5.69 Å². The molecule has 3 nitrogen and oxygen atoms in total. The van der Waals surface area contributed by atoms with Crippen molar-refractivity contribution in [3.8, 4) is 11.5 Å². The molecule has 112 valence electrons. The second-order valence-corrected chi connectivity index (χ2v) is 5.38. The van der Waals surface area contributed by atoms with Crippen LogP contribution in [0.1, 0.15) is 12.5 Å². The van der Waals surface area contributed by atoms with Crippen LogP contribution in [-0.4, -0.2) is 20.0 Å². The summed E-state index contributed by atoms with van der Waals surface area (Å²) in [5.74, 6) is 1.56. The molecule has 0 saturated heterocycles. The van der Waals surface area contributed by atoms with E-state index in [1.165, 1.54) is 4.90 Å². The average molecular weight is 303 g/mol. The maximum Gasteiger partial charge on any atom is 0.161 e. The van der Waals surface area contributed by atoms with Crippen LogP contribution in [0.2, 0.25) is 0 Å². The van der Waals surface area contributed by atoms with Gasteiger partial charge in [0.2, 0.25) is 0 Å². The number of hydrogen-bond acceptors (Lipinski definition) is 4. The summed E-state index contributed by atoms with van der Waals surface area (Å²) in [6.07, 6.45) is 2.08. The number of rotatable bonds is 7. The molecule has 0 atom stereocenters. The third kappa shape index (κ3) is 4.33. The lowest BCUT2D eigenvalue weighted by atomic mass is 10.2. The molecular formula is C17H21NO2S. The SMILES string of the molecule is CCOc1cc(CNc2cccc(SC)c2)ccc1OC. The monoisotopic (exact) mass is 303 g/mol. The van der Waals surface area contributed by atoms with Crippen molar-refractivity contribution < 1.29 is 9.47 Å². The highest BCUT2D eigenvalue weighted by Gasteiger charge is 2.05. The van der Waals surface area contributed by atoms with Gasteiger partial charge in [0.05, 0.1) is 13.7 Å². The molecule has 0 saturated carbocycles. The second-order valence-electron chi connectivity index (χ2n) is 4.50. The largest absolute Gasteiger partial charge is 0.493 e. The normalized spacial score (nSPS) is 10.2. The lowest BCUT2D eigenvalue weighted by Gasteiger charge is -2.12. The van der Waals surface area contributed by atoms with E-state index in [0.717, 1.165) is 29.3 Å². The zero-order chi connectivity index (χ0) is 15.1. The Morgan fingerprint density at radius 1 is 1.10 bits per heavy atom. The number of hydrogen-bond donors (Lipinski definition) is 1. The van der Waals surface area contributed by atoms with E-state index in [9.17, 15) is 0 Å². The smallest absolute Gasteiger partial charge is 0.161 e. The summed E-state index contributed by atoms with van der Waals surface area (Å²) in [7, 11) is 1.66. The standard InChI is InChI=1S/C17H21NO2S/c1-4-20-17-10-13(8-9-16(17)19-2)12-18-14-6-5-7-15(11-14)21-3/h5-11,18H,4,12H2,1-3H3.